The molecule has 0 aliphatic heterocycles. The summed E-state index contributed by atoms with van der Waals surface area (Å²) in [5.74, 6) is 0. The van der Waals surface area contributed by atoms with Crippen LogP contribution in [-0.4, -0.2) is 11.3 Å². The summed E-state index contributed by atoms with van der Waals surface area (Å²) >= 11 is 0. The molecule has 0 spiro atoms. The zero-order valence-electron chi connectivity index (χ0n) is 8.05. The fourth-order valence-electron chi connectivity index (χ4n) is 1.34. The zero-order chi connectivity index (χ0) is 10.7. The van der Waals surface area contributed by atoms with E-state index in [4.69, 9.17) is 5.73 Å². The first-order valence-corrected chi connectivity index (χ1v) is 4.57. The van der Waals surface area contributed by atoms with Crippen LogP contribution in [0.25, 0.3) is 11.3 Å². The molecule has 1 heterocycles. The van der Waals surface area contributed by atoms with Crippen LogP contribution in [0.2, 0.25) is 0 Å². The minimum absolute atomic E-state index is 0.655. The van der Waals surface area contributed by atoms with E-state index in [0.717, 1.165) is 17.5 Å². The van der Waals surface area contributed by atoms with E-state index in [1.807, 2.05) is 12.1 Å². The predicted molar refractivity (Wildman–Crippen MR) is 59.5 cm³/mol. The van der Waals surface area contributed by atoms with Crippen molar-refractivity contribution in [2.24, 2.45) is 0 Å². The van der Waals surface area contributed by atoms with E-state index in [0.29, 0.717) is 11.3 Å². The third-order valence-electron chi connectivity index (χ3n) is 2.13. The Balaban J connectivity index is 2.41. The summed E-state index contributed by atoms with van der Waals surface area (Å²) in [5, 5.41) is 0. The van der Waals surface area contributed by atoms with Gasteiger partial charge in [0.15, 0.2) is 0 Å². The highest BCUT2D eigenvalue weighted by Crippen LogP contribution is 2.18. The van der Waals surface area contributed by atoms with Crippen molar-refractivity contribution in [3.63, 3.8) is 0 Å². The van der Waals surface area contributed by atoms with Crippen molar-refractivity contribution in [3.05, 3.63) is 48.2 Å². The van der Waals surface area contributed by atoms with Crippen molar-refractivity contribution in [2.45, 2.75) is 0 Å². The van der Waals surface area contributed by atoms with Crippen LogP contribution in [0.1, 0.15) is 10.4 Å². The number of aldehydes is 1. The highest BCUT2D eigenvalue weighted by atomic mass is 16.1. The van der Waals surface area contributed by atoms with Crippen LogP contribution < -0.4 is 5.73 Å². The number of nitrogens with zero attached hydrogens (tertiary/aromatic N) is 1. The summed E-state index contributed by atoms with van der Waals surface area (Å²) < 4.78 is 0. The number of anilines is 1. The van der Waals surface area contributed by atoms with Gasteiger partial charge < -0.3 is 5.73 Å². The summed E-state index contributed by atoms with van der Waals surface area (Å²) in [4.78, 5) is 14.7. The number of carbonyl (C=O) groups is 1. The molecule has 3 nitrogen and oxygen atoms in total. The van der Waals surface area contributed by atoms with E-state index >= 15 is 0 Å². The van der Waals surface area contributed by atoms with Gasteiger partial charge in [0.2, 0.25) is 0 Å². The van der Waals surface area contributed by atoms with Crippen molar-refractivity contribution in [2.75, 3.05) is 5.73 Å². The highest BCUT2D eigenvalue weighted by Gasteiger charge is 1.99. The molecule has 0 fully saturated rings. The van der Waals surface area contributed by atoms with Crippen LogP contribution in [-0.2, 0) is 0 Å². The van der Waals surface area contributed by atoms with Crippen LogP contribution in [0.4, 0.5) is 5.69 Å². The Morgan fingerprint density at radius 1 is 1.13 bits per heavy atom. The summed E-state index contributed by atoms with van der Waals surface area (Å²) in [6.07, 6.45) is 2.48. The normalized spacial score (nSPS) is 9.87. The number of benzene rings is 1. The van der Waals surface area contributed by atoms with Crippen LogP contribution in [0.15, 0.2) is 42.6 Å². The van der Waals surface area contributed by atoms with Gasteiger partial charge in [-0.05, 0) is 12.1 Å². The molecule has 0 radical (unpaired) electrons. The van der Waals surface area contributed by atoms with Gasteiger partial charge in [0.1, 0.15) is 6.29 Å². The number of rotatable bonds is 2. The highest BCUT2D eigenvalue weighted by molar-refractivity contribution is 5.76. The van der Waals surface area contributed by atoms with Gasteiger partial charge in [-0.2, -0.15) is 0 Å². The third kappa shape index (κ3) is 2.02. The molecular weight excluding hydrogens is 188 g/mol. The first kappa shape index (κ1) is 9.40. The second kappa shape index (κ2) is 3.92. The Labute approximate surface area is 87.6 Å². The summed E-state index contributed by atoms with van der Waals surface area (Å²) in [6, 6.07) is 10.8. The topological polar surface area (TPSA) is 56.0 Å². The summed E-state index contributed by atoms with van der Waals surface area (Å²) in [6.45, 7) is 0. The lowest BCUT2D eigenvalue weighted by molar-refractivity contribution is 0.112. The third-order valence-corrected chi connectivity index (χ3v) is 2.13. The van der Waals surface area contributed by atoms with E-state index < -0.39 is 0 Å². The van der Waals surface area contributed by atoms with Crippen molar-refractivity contribution >= 4 is 12.0 Å². The average molecular weight is 198 g/mol. The van der Waals surface area contributed by atoms with Gasteiger partial charge in [-0.15, -0.1) is 0 Å². The van der Waals surface area contributed by atoms with Gasteiger partial charge in [0.05, 0.1) is 5.69 Å². The van der Waals surface area contributed by atoms with E-state index in [1.54, 1.807) is 30.5 Å². The lowest BCUT2D eigenvalue weighted by atomic mass is 10.1. The maximum Gasteiger partial charge on any atom is 0.150 e. The van der Waals surface area contributed by atoms with Crippen molar-refractivity contribution < 1.29 is 4.79 Å². The first-order chi connectivity index (χ1) is 7.29. The molecule has 0 saturated heterocycles. The number of nitrogen functional groups attached to an aromatic ring is 1. The molecule has 3 heteroatoms. The lowest BCUT2D eigenvalue weighted by Gasteiger charge is -2.01. The number of hydrogen-bond acceptors (Lipinski definition) is 3. The molecule has 15 heavy (non-hydrogen) atoms. The van der Waals surface area contributed by atoms with E-state index in [1.165, 1.54) is 0 Å². The first-order valence-electron chi connectivity index (χ1n) is 4.57. The molecule has 0 amide bonds. The summed E-state index contributed by atoms with van der Waals surface area (Å²) in [7, 11) is 0. The van der Waals surface area contributed by atoms with Gasteiger partial charge in [-0.1, -0.05) is 24.3 Å². The Morgan fingerprint density at radius 2 is 1.87 bits per heavy atom. The monoisotopic (exact) mass is 198 g/mol. The van der Waals surface area contributed by atoms with Gasteiger partial charge in [0.25, 0.3) is 0 Å². The van der Waals surface area contributed by atoms with E-state index in [-0.39, 0.29) is 0 Å². The maximum atomic E-state index is 10.5. The smallest absolute Gasteiger partial charge is 0.150 e. The fourth-order valence-corrected chi connectivity index (χ4v) is 1.34. The lowest BCUT2D eigenvalue weighted by Crippen LogP contribution is -1.88. The molecule has 2 rings (SSSR count). The Hall–Kier alpha value is -2.16. The average Bonchev–Trinajstić information content (AvgIpc) is 2.29. The molecular formula is C12H10N2O. The standard InChI is InChI=1S/C12H10N2O/c13-11-5-6-14-12(7-11)10-3-1-9(8-15)2-4-10/h1-8H,(H2,13,14). The minimum atomic E-state index is 0.655. The van der Waals surface area contributed by atoms with Gasteiger partial charge in [0, 0.05) is 23.0 Å². The molecule has 2 aromatic rings. The fraction of sp³-hybridized carbons (Fsp3) is 0. The Bertz CT molecular complexity index is 477. The van der Waals surface area contributed by atoms with Crippen LogP contribution in [0.5, 0.6) is 0 Å². The number of nitrogens with two attached hydrogens (primary N) is 1. The van der Waals surface area contributed by atoms with Crippen LogP contribution >= 0.6 is 0 Å². The zero-order valence-corrected chi connectivity index (χ0v) is 8.05. The van der Waals surface area contributed by atoms with Crippen LogP contribution in [0.3, 0.4) is 0 Å². The number of aromatic nitrogens is 1. The summed E-state index contributed by atoms with van der Waals surface area (Å²) in [5.41, 5.74) is 8.76. The van der Waals surface area contributed by atoms with E-state index in [2.05, 4.69) is 4.98 Å². The second-order valence-electron chi connectivity index (χ2n) is 3.21. The van der Waals surface area contributed by atoms with Gasteiger partial charge >= 0.3 is 0 Å². The Morgan fingerprint density at radius 3 is 2.47 bits per heavy atom. The maximum absolute atomic E-state index is 10.5. The molecule has 0 saturated carbocycles. The predicted octanol–water partition coefficient (Wildman–Crippen LogP) is 2.14. The quantitative estimate of drug-likeness (QED) is 0.752. The molecule has 74 valence electrons. The second-order valence-corrected chi connectivity index (χ2v) is 3.21. The molecule has 0 aliphatic rings. The Kier molecular flexibility index (Phi) is 2.46. The number of carbonyl (C=O) groups excluding carboxylic acids is 1. The van der Waals surface area contributed by atoms with Crippen molar-refractivity contribution in [1.29, 1.82) is 0 Å². The molecule has 0 bridgehead atoms. The largest absolute Gasteiger partial charge is 0.399 e. The van der Waals surface area contributed by atoms with Gasteiger partial charge in [-0.25, -0.2) is 0 Å². The molecule has 0 aliphatic carbocycles. The van der Waals surface area contributed by atoms with Crippen LogP contribution in [0, 0.1) is 0 Å². The SMILES string of the molecule is Nc1ccnc(-c2ccc(C=O)cc2)c1. The minimum Gasteiger partial charge on any atom is -0.399 e. The number of pyridine rings is 1. The molecule has 1 aromatic carbocycles. The van der Waals surface area contributed by atoms with Crippen molar-refractivity contribution in [1.82, 2.24) is 4.98 Å². The van der Waals surface area contributed by atoms with E-state index in [9.17, 15) is 4.79 Å². The van der Waals surface area contributed by atoms with Crippen molar-refractivity contribution in [3.8, 4) is 11.3 Å². The van der Waals surface area contributed by atoms with Gasteiger partial charge in [-0.3, -0.25) is 9.78 Å². The molecule has 1 aromatic heterocycles. The molecule has 0 atom stereocenters. The molecule has 2 N–H and O–H groups in total. The number of hydrogen-bond donors (Lipinski definition) is 1. The molecule has 0 unspecified atom stereocenters.